The van der Waals surface area contributed by atoms with Crippen molar-refractivity contribution in [2.75, 3.05) is 0 Å². The summed E-state index contributed by atoms with van der Waals surface area (Å²) >= 11 is 0. The Kier molecular flexibility index (Phi) is 9.06. The van der Waals surface area contributed by atoms with E-state index in [1.54, 1.807) is 5.57 Å². The summed E-state index contributed by atoms with van der Waals surface area (Å²) in [6, 6.07) is 14.0. The monoisotopic (exact) mass is 482 g/mol. The molecule has 0 unspecified atom stereocenters. The molecular formula is C31H50O2Si. The standard InChI is InChI=1S/C31H50O2Si/c1-8-34(9-2,10-3)33-28-19-15-23-31(7)26(21-22-27(28)31)24(4)16-14-20-29(32)30(5,6)25-17-12-11-13-18-25/h11-13,17-18,21,24,27-28H,8-10,14-16,19-20,22-23H2,1-7H3/t24-,27+,28+,31-/m1/s1. The molecule has 0 heterocycles. The summed E-state index contributed by atoms with van der Waals surface area (Å²) in [6.07, 6.45) is 10.8. The number of carbonyl (C=O) groups excluding carboxylic acids is 1. The van der Waals surface area contributed by atoms with Gasteiger partial charge in [0.15, 0.2) is 8.32 Å². The highest BCUT2D eigenvalue weighted by molar-refractivity contribution is 6.73. The van der Waals surface area contributed by atoms with Crippen LogP contribution in [0.3, 0.4) is 0 Å². The van der Waals surface area contributed by atoms with Crippen molar-refractivity contribution in [3.63, 3.8) is 0 Å². The van der Waals surface area contributed by atoms with Crippen LogP contribution in [-0.2, 0) is 14.6 Å². The third-order valence-corrected chi connectivity index (χ3v) is 14.5. The van der Waals surface area contributed by atoms with Crippen molar-refractivity contribution in [3.8, 4) is 0 Å². The van der Waals surface area contributed by atoms with E-state index in [0.29, 0.717) is 30.1 Å². The molecule has 1 aromatic rings. The summed E-state index contributed by atoms with van der Waals surface area (Å²) in [5.74, 6) is 1.56. The van der Waals surface area contributed by atoms with Crippen molar-refractivity contribution in [2.45, 2.75) is 123 Å². The van der Waals surface area contributed by atoms with Crippen molar-refractivity contribution in [2.24, 2.45) is 17.3 Å². The van der Waals surface area contributed by atoms with Gasteiger partial charge in [-0.05, 0) is 86.9 Å². The normalized spacial score (nSPS) is 26.1. The van der Waals surface area contributed by atoms with Crippen molar-refractivity contribution >= 4 is 14.1 Å². The van der Waals surface area contributed by atoms with E-state index in [1.165, 1.54) is 43.8 Å². The minimum Gasteiger partial charge on any atom is -0.414 e. The van der Waals surface area contributed by atoms with Gasteiger partial charge in [-0.15, -0.1) is 0 Å². The summed E-state index contributed by atoms with van der Waals surface area (Å²) in [4.78, 5) is 13.1. The zero-order valence-electron chi connectivity index (χ0n) is 23.1. The number of fused-ring (bicyclic) bond motifs is 1. The summed E-state index contributed by atoms with van der Waals surface area (Å²) in [5, 5.41) is 0. The maximum Gasteiger partial charge on any atom is 0.192 e. The summed E-state index contributed by atoms with van der Waals surface area (Å²) in [6.45, 7) is 16.1. The highest BCUT2D eigenvalue weighted by Gasteiger charge is 2.50. The Morgan fingerprint density at radius 2 is 1.79 bits per heavy atom. The van der Waals surface area contributed by atoms with Crippen molar-refractivity contribution < 1.29 is 9.22 Å². The molecule has 2 aliphatic carbocycles. The Labute approximate surface area is 211 Å². The lowest BCUT2D eigenvalue weighted by Crippen LogP contribution is -2.48. The van der Waals surface area contributed by atoms with Gasteiger partial charge < -0.3 is 4.43 Å². The molecule has 3 heteroatoms. The summed E-state index contributed by atoms with van der Waals surface area (Å²) in [7, 11) is -1.59. The van der Waals surface area contributed by atoms with Gasteiger partial charge in [0.2, 0.25) is 0 Å². The molecular weight excluding hydrogens is 432 g/mol. The van der Waals surface area contributed by atoms with Crippen molar-refractivity contribution in [3.05, 3.63) is 47.5 Å². The predicted octanol–water partition coefficient (Wildman–Crippen LogP) is 8.87. The molecule has 1 saturated carbocycles. The van der Waals surface area contributed by atoms with Gasteiger partial charge >= 0.3 is 0 Å². The van der Waals surface area contributed by atoms with Crippen LogP contribution >= 0.6 is 0 Å². The Morgan fingerprint density at radius 3 is 2.41 bits per heavy atom. The molecule has 3 rings (SSSR count). The van der Waals surface area contributed by atoms with Crippen molar-refractivity contribution in [1.29, 1.82) is 0 Å². The number of carbonyl (C=O) groups is 1. The molecule has 0 aromatic heterocycles. The molecule has 4 atom stereocenters. The van der Waals surface area contributed by atoms with Gasteiger partial charge in [0.1, 0.15) is 5.78 Å². The molecule has 1 fully saturated rings. The first kappa shape index (κ1) is 27.4. The van der Waals surface area contributed by atoms with Crippen molar-refractivity contribution in [1.82, 2.24) is 0 Å². The quantitative estimate of drug-likeness (QED) is 0.220. The average Bonchev–Trinajstić information content (AvgIpc) is 3.21. The van der Waals surface area contributed by atoms with Gasteiger partial charge in [-0.2, -0.15) is 0 Å². The first-order valence-corrected chi connectivity index (χ1v) is 16.6. The fraction of sp³-hybridized carbons (Fsp3) is 0.710. The molecule has 0 saturated heterocycles. The first-order chi connectivity index (χ1) is 16.1. The number of ketones is 1. The van der Waals surface area contributed by atoms with E-state index < -0.39 is 13.7 Å². The van der Waals surface area contributed by atoms with E-state index in [1.807, 2.05) is 18.2 Å². The number of allylic oxidation sites excluding steroid dienone is 2. The predicted molar refractivity (Wildman–Crippen MR) is 148 cm³/mol. The molecule has 0 aliphatic heterocycles. The van der Waals surface area contributed by atoms with Crippen LogP contribution in [0.25, 0.3) is 0 Å². The Morgan fingerprint density at radius 1 is 1.15 bits per heavy atom. The largest absolute Gasteiger partial charge is 0.414 e. The van der Waals surface area contributed by atoms with Crippen LogP contribution in [0.4, 0.5) is 0 Å². The Balaban J connectivity index is 1.60. The van der Waals surface area contributed by atoms with Gasteiger partial charge in [0.25, 0.3) is 0 Å². The first-order valence-electron chi connectivity index (χ1n) is 14.1. The third-order valence-electron chi connectivity index (χ3n) is 9.80. The van der Waals surface area contributed by atoms with E-state index in [2.05, 4.69) is 66.7 Å². The van der Waals surface area contributed by atoms with E-state index in [4.69, 9.17) is 4.43 Å². The maximum atomic E-state index is 13.1. The fourth-order valence-electron chi connectivity index (χ4n) is 7.00. The molecule has 2 aliphatic rings. The van der Waals surface area contributed by atoms with Crippen LogP contribution in [0.1, 0.15) is 99.0 Å². The second-order valence-electron chi connectivity index (χ2n) is 11.9. The highest BCUT2D eigenvalue weighted by atomic mass is 28.4. The Hall–Kier alpha value is -1.19. The number of benzene rings is 1. The summed E-state index contributed by atoms with van der Waals surface area (Å²) in [5.41, 5.74) is 2.67. The maximum absolute atomic E-state index is 13.1. The molecule has 190 valence electrons. The lowest BCUT2D eigenvalue weighted by atomic mass is 9.63. The minimum absolute atomic E-state index is 0.283. The number of rotatable bonds is 12. The lowest BCUT2D eigenvalue weighted by Gasteiger charge is -2.48. The zero-order chi connectivity index (χ0) is 25.0. The highest BCUT2D eigenvalue weighted by Crippen LogP contribution is 2.56. The summed E-state index contributed by atoms with van der Waals surface area (Å²) < 4.78 is 7.09. The van der Waals surface area contributed by atoms with Crippen LogP contribution in [0.15, 0.2) is 42.0 Å². The third kappa shape index (κ3) is 5.46. The molecule has 0 amide bonds. The molecule has 1 aromatic carbocycles. The van der Waals surface area contributed by atoms with E-state index in [0.717, 1.165) is 18.4 Å². The number of hydrogen-bond donors (Lipinski definition) is 0. The zero-order valence-corrected chi connectivity index (χ0v) is 24.1. The Bertz CT molecular complexity index is 830. The fourth-order valence-corrected chi connectivity index (χ4v) is 9.93. The van der Waals surface area contributed by atoms with Gasteiger partial charge in [0.05, 0.1) is 0 Å². The lowest BCUT2D eigenvalue weighted by molar-refractivity contribution is -0.123. The topological polar surface area (TPSA) is 26.3 Å². The minimum atomic E-state index is -1.59. The van der Waals surface area contributed by atoms with Gasteiger partial charge in [-0.1, -0.05) is 83.0 Å². The van der Waals surface area contributed by atoms with Gasteiger partial charge in [0, 0.05) is 17.9 Å². The molecule has 0 spiro atoms. The van der Waals surface area contributed by atoms with E-state index in [9.17, 15) is 4.79 Å². The van der Waals surface area contributed by atoms with Crippen LogP contribution in [0, 0.1) is 17.3 Å². The molecule has 0 N–H and O–H groups in total. The van der Waals surface area contributed by atoms with Crippen LogP contribution < -0.4 is 0 Å². The smallest absolute Gasteiger partial charge is 0.192 e. The second-order valence-corrected chi connectivity index (χ2v) is 16.6. The average molecular weight is 483 g/mol. The van der Waals surface area contributed by atoms with E-state index in [-0.39, 0.29) is 5.41 Å². The molecule has 0 bridgehead atoms. The van der Waals surface area contributed by atoms with Crippen LogP contribution in [-0.4, -0.2) is 20.2 Å². The number of Topliss-reactive ketones (excluding diaryl/α,β-unsaturated/α-hetero) is 1. The molecule has 0 radical (unpaired) electrons. The molecule has 34 heavy (non-hydrogen) atoms. The molecule has 2 nitrogen and oxygen atoms in total. The van der Waals surface area contributed by atoms with Crippen LogP contribution in [0.5, 0.6) is 0 Å². The van der Waals surface area contributed by atoms with Gasteiger partial charge in [-0.3, -0.25) is 4.79 Å². The van der Waals surface area contributed by atoms with Gasteiger partial charge in [-0.25, -0.2) is 0 Å². The van der Waals surface area contributed by atoms with Crippen LogP contribution in [0.2, 0.25) is 18.1 Å². The second kappa shape index (κ2) is 11.2. The number of hydrogen-bond acceptors (Lipinski definition) is 2. The van der Waals surface area contributed by atoms with E-state index >= 15 is 0 Å². The SMILES string of the molecule is CC[Si](CC)(CC)O[C@H]1CCC[C@]2(C)C([C@H](C)CCCC(=O)C(C)(C)c3ccccc3)=CC[C@@H]12.